The summed E-state index contributed by atoms with van der Waals surface area (Å²) in [6, 6.07) is 10.8. The van der Waals surface area contributed by atoms with Crippen LogP contribution in [0.25, 0.3) is 0 Å². The highest BCUT2D eigenvalue weighted by atomic mass is 19.2. The monoisotopic (exact) mass is 300 g/mol. The van der Waals surface area contributed by atoms with E-state index < -0.39 is 11.6 Å². The molecule has 0 aliphatic heterocycles. The molecule has 0 amide bonds. The summed E-state index contributed by atoms with van der Waals surface area (Å²) < 4.78 is 31.1. The smallest absolute Gasteiger partial charge is 0.159 e. The quantitative estimate of drug-likeness (QED) is 0.451. The van der Waals surface area contributed by atoms with Crippen molar-refractivity contribution in [3.63, 3.8) is 0 Å². The number of nitrogens with zero attached hydrogens (tertiary/aromatic N) is 2. The number of benzene rings is 2. The zero-order chi connectivity index (χ0) is 15.8. The molecule has 0 aliphatic rings. The third kappa shape index (κ3) is 4.63. The van der Waals surface area contributed by atoms with Crippen LogP contribution in [-0.4, -0.2) is 19.0 Å². The normalized spacial score (nSPS) is 11.2. The predicted octanol–water partition coefficient (Wildman–Crippen LogP) is 3.98. The maximum absolute atomic E-state index is 13.0. The molecule has 0 saturated carbocycles. The molecule has 0 unspecified atom stereocenters. The first-order valence-electron chi connectivity index (χ1n) is 6.54. The number of hydrogen-bond acceptors (Lipinski definition) is 3. The van der Waals surface area contributed by atoms with Crippen LogP contribution in [0.2, 0.25) is 0 Å². The molecule has 0 fully saturated rings. The van der Waals surface area contributed by atoms with Crippen molar-refractivity contribution in [1.29, 1.82) is 0 Å². The zero-order valence-electron chi connectivity index (χ0n) is 11.7. The summed E-state index contributed by atoms with van der Waals surface area (Å²) in [4.78, 5) is 0. The Balaban J connectivity index is 1.95. The molecule has 0 aliphatic carbocycles. The van der Waals surface area contributed by atoms with Crippen molar-refractivity contribution in [1.82, 2.24) is 0 Å². The van der Waals surface area contributed by atoms with Crippen molar-refractivity contribution in [3.8, 4) is 5.75 Å². The number of halogens is 2. The molecule has 0 heterocycles. The van der Waals surface area contributed by atoms with E-state index in [4.69, 9.17) is 4.74 Å². The van der Waals surface area contributed by atoms with Crippen LogP contribution in [-0.2, 0) is 0 Å². The molecule has 0 atom stereocenters. The number of ether oxygens (including phenoxy) is 1. The van der Waals surface area contributed by atoms with Crippen molar-refractivity contribution in [2.75, 3.05) is 6.61 Å². The topological polar surface area (TPSA) is 34.0 Å². The van der Waals surface area contributed by atoms with Crippen molar-refractivity contribution < 1.29 is 13.5 Å². The van der Waals surface area contributed by atoms with Crippen LogP contribution < -0.4 is 4.74 Å². The van der Waals surface area contributed by atoms with E-state index in [0.29, 0.717) is 12.2 Å². The third-order valence-corrected chi connectivity index (χ3v) is 2.67. The molecule has 0 spiro atoms. The highest BCUT2D eigenvalue weighted by molar-refractivity contribution is 5.82. The van der Waals surface area contributed by atoms with Gasteiger partial charge in [0.15, 0.2) is 11.6 Å². The van der Waals surface area contributed by atoms with Gasteiger partial charge in [-0.3, -0.25) is 0 Å². The SMILES string of the molecule is C=CCOc1ccc(C=NN=Cc2ccc(F)c(F)c2)cc1. The van der Waals surface area contributed by atoms with Crippen LogP contribution in [0.15, 0.2) is 65.3 Å². The lowest BCUT2D eigenvalue weighted by Crippen LogP contribution is -1.92. The maximum atomic E-state index is 13.0. The van der Waals surface area contributed by atoms with Gasteiger partial charge in [0.05, 0.1) is 12.4 Å². The van der Waals surface area contributed by atoms with E-state index in [1.54, 1.807) is 12.3 Å². The second-order valence-corrected chi connectivity index (χ2v) is 4.33. The second-order valence-electron chi connectivity index (χ2n) is 4.33. The molecular formula is C17H14F2N2O. The molecule has 22 heavy (non-hydrogen) atoms. The Kier molecular flexibility index (Phi) is 5.54. The van der Waals surface area contributed by atoms with E-state index >= 15 is 0 Å². The van der Waals surface area contributed by atoms with E-state index in [0.717, 1.165) is 23.4 Å². The number of hydrogen-bond donors (Lipinski definition) is 0. The summed E-state index contributed by atoms with van der Waals surface area (Å²) in [5.74, 6) is -1.07. The second kappa shape index (κ2) is 7.83. The minimum atomic E-state index is -0.914. The van der Waals surface area contributed by atoms with Crippen LogP contribution in [0.4, 0.5) is 8.78 Å². The van der Waals surface area contributed by atoms with E-state index in [9.17, 15) is 8.78 Å². The third-order valence-electron chi connectivity index (χ3n) is 2.67. The first-order chi connectivity index (χ1) is 10.7. The van der Waals surface area contributed by atoms with Crippen molar-refractivity contribution >= 4 is 12.4 Å². The van der Waals surface area contributed by atoms with E-state index in [-0.39, 0.29) is 0 Å². The van der Waals surface area contributed by atoms with Gasteiger partial charge < -0.3 is 4.74 Å². The lowest BCUT2D eigenvalue weighted by atomic mass is 10.2. The molecule has 5 heteroatoms. The highest BCUT2D eigenvalue weighted by Gasteiger charge is 2.00. The van der Waals surface area contributed by atoms with Gasteiger partial charge in [0.2, 0.25) is 0 Å². The first-order valence-corrected chi connectivity index (χ1v) is 6.54. The van der Waals surface area contributed by atoms with Gasteiger partial charge in [-0.25, -0.2) is 8.78 Å². The van der Waals surface area contributed by atoms with Crippen LogP contribution >= 0.6 is 0 Å². The molecule has 0 N–H and O–H groups in total. The Morgan fingerprint density at radius 1 is 0.909 bits per heavy atom. The summed E-state index contributed by atoms with van der Waals surface area (Å²) in [6.07, 6.45) is 4.57. The standard InChI is InChI=1S/C17H14F2N2O/c1-2-9-22-15-6-3-13(4-7-15)11-20-21-12-14-5-8-16(18)17(19)10-14/h2-8,10-12H,1,9H2. The summed E-state index contributed by atoms with van der Waals surface area (Å²) >= 11 is 0. The van der Waals surface area contributed by atoms with Gasteiger partial charge in [-0.05, 0) is 47.5 Å². The van der Waals surface area contributed by atoms with Crippen molar-refractivity contribution in [2.45, 2.75) is 0 Å². The van der Waals surface area contributed by atoms with Crippen LogP contribution in [0.5, 0.6) is 5.75 Å². The first kappa shape index (κ1) is 15.6. The fourth-order valence-electron chi connectivity index (χ4n) is 1.60. The van der Waals surface area contributed by atoms with Gasteiger partial charge in [-0.1, -0.05) is 18.7 Å². The van der Waals surface area contributed by atoms with Gasteiger partial charge in [-0.15, -0.1) is 0 Å². The molecule has 2 rings (SSSR count). The van der Waals surface area contributed by atoms with Gasteiger partial charge in [0, 0.05) is 0 Å². The number of rotatable bonds is 6. The molecule has 112 valence electrons. The summed E-state index contributed by atoms with van der Waals surface area (Å²) in [7, 11) is 0. The molecule has 3 nitrogen and oxygen atoms in total. The lowest BCUT2D eigenvalue weighted by molar-refractivity contribution is 0.363. The fraction of sp³-hybridized carbons (Fsp3) is 0.0588. The van der Waals surface area contributed by atoms with Crippen LogP contribution in [0, 0.1) is 11.6 Å². The lowest BCUT2D eigenvalue weighted by Gasteiger charge is -2.02. The average Bonchev–Trinajstić information content (AvgIpc) is 2.54. The van der Waals surface area contributed by atoms with E-state index in [1.165, 1.54) is 12.3 Å². The molecule has 0 aromatic heterocycles. The Morgan fingerprint density at radius 3 is 2.18 bits per heavy atom. The summed E-state index contributed by atoms with van der Waals surface area (Å²) in [5.41, 5.74) is 1.28. The summed E-state index contributed by atoms with van der Waals surface area (Å²) in [6.45, 7) is 4.02. The molecule has 2 aromatic carbocycles. The minimum absolute atomic E-state index is 0.434. The molecule has 0 bridgehead atoms. The zero-order valence-corrected chi connectivity index (χ0v) is 11.7. The molecule has 0 radical (unpaired) electrons. The Bertz CT molecular complexity index is 694. The average molecular weight is 300 g/mol. The summed E-state index contributed by atoms with van der Waals surface area (Å²) in [5, 5.41) is 7.64. The Labute approximate surface area is 127 Å². The molecule has 0 saturated heterocycles. The van der Waals surface area contributed by atoms with Crippen LogP contribution in [0.1, 0.15) is 11.1 Å². The van der Waals surface area contributed by atoms with Gasteiger partial charge >= 0.3 is 0 Å². The molecule has 2 aromatic rings. The van der Waals surface area contributed by atoms with Crippen molar-refractivity contribution in [2.24, 2.45) is 10.2 Å². The Morgan fingerprint density at radius 2 is 1.55 bits per heavy atom. The van der Waals surface area contributed by atoms with Crippen LogP contribution in [0.3, 0.4) is 0 Å². The van der Waals surface area contributed by atoms with Gasteiger partial charge in [0.25, 0.3) is 0 Å². The maximum Gasteiger partial charge on any atom is 0.159 e. The van der Waals surface area contributed by atoms with E-state index in [1.807, 2.05) is 24.3 Å². The highest BCUT2D eigenvalue weighted by Crippen LogP contribution is 2.11. The Hall–Kier alpha value is -2.82. The largest absolute Gasteiger partial charge is 0.490 e. The molecular weight excluding hydrogens is 286 g/mol. The fourth-order valence-corrected chi connectivity index (χ4v) is 1.60. The van der Waals surface area contributed by atoms with E-state index in [2.05, 4.69) is 16.8 Å². The minimum Gasteiger partial charge on any atom is -0.490 e. The van der Waals surface area contributed by atoms with Crippen molar-refractivity contribution in [3.05, 3.63) is 77.9 Å². The predicted molar refractivity (Wildman–Crippen MR) is 83.7 cm³/mol. The van der Waals surface area contributed by atoms with Gasteiger partial charge in [0.1, 0.15) is 12.4 Å². The van der Waals surface area contributed by atoms with Gasteiger partial charge in [-0.2, -0.15) is 10.2 Å².